The van der Waals surface area contributed by atoms with Crippen molar-refractivity contribution in [1.29, 1.82) is 0 Å². The second-order valence-corrected chi connectivity index (χ2v) is 10.7. The molecule has 1 saturated carbocycles. The number of carbonyl (C=O) groups is 1. The van der Waals surface area contributed by atoms with Crippen LogP contribution < -0.4 is 5.32 Å². The number of amides is 1. The van der Waals surface area contributed by atoms with Gasteiger partial charge in [0, 0.05) is 18.6 Å². The summed E-state index contributed by atoms with van der Waals surface area (Å²) in [6.45, 7) is 7.83. The first kappa shape index (κ1) is 21.8. The minimum absolute atomic E-state index is 0.0352. The monoisotopic (exact) mass is 398 g/mol. The van der Waals surface area contributed by atoms with Crippen LogP contribution in [0.2, 0.25) is 0 Å². The Morgan fingerprint density at radius 3 is 2.41 bits per heavy atom. The number of aryl methyl sites for hydroxylation is 1. The molecule has 0 unspecified atom stereocenters. The normalized spacial score (nSPS) is 23.9. The van der Waals surface area contributed by atoms with Crippen LogP contribution in [-0.2, 0) is 14.6 Å². The maximum atomic E-state index is 15.3. The smallest absolute Gasteiger partial charge is 0.236 e. The van der Waals surface area contributed by atoms with Gasteiger partial charge < -0.3 is 10.2 Å². The van der Waals surface area contributed by atoms with Gasteiger partial charge in [0.25, 0.3) is 0 Å². The van der Waals surface area contributed by atoms with Gasteiger partial charge in [-0.2, -0.15) is 0 Å². The van der Waals surface area contributed by atoms with Gasteiger partial charge in [0.05, 0.1) is 11.4 Å². The summed E-state index contributed by atoms with van der Waals surface area (Å²) < 4.78 is 40.9. The van der Waals surface area contributed by atoms with E-state index in [0.717, 1.165) is 5.56 Å². The molecule has 0 aromatic heterocycles. The lowest BCUT2D eigenvalue weighted by atomic mass is 9.93. The third-order valence-electron chi connectivity index (χ3n) is 5.44. The van der Waals surface area contributed by atoms with Gasteiger partial charge in [-0.3, -0.25) is 4.79 Å². The first-order valence-corrected chi connectivity index (χ1v) is 10.9. The van der Waals surface area contributed by atoms with Gasteiger partial charge in [0.15, 0.2) is 0 Å². The molecule has 1 amide bonds. The van der Waals surface area contributed by atoms with E-state index in [1.54, 1.807) is 31.0 Å². The second kappa shape index (κ2) is 7.87. The largest absolute Gasteiger partial charge is 0.340 e. The minimum atomic E-state index is -4.04. The van der Waals surface area contributed by atoms with Crippen molar-refractivity contribution >= 4 is 15.7 Å². The number of sulfone groups is 1. The number of likely N-dealkylation sites (N-methyl/N-ethyl adjacent to an activating group) is 1. The SMILES string of the molecule is Cc1cccc(S(=O)(=O)[C@]2(F)CC[C@H](NCC(=O)N(C)C(C)(C)C)CC2)c1. The van der Waals surface area contributed by atoms with E-state index in [2.05, 4.69) is 5.32 Å². The maximum absolute atomic E-state index is 15.3. The minimum Gasteiger partial charge on any atom is -0.340 e. The van der Waals surface area contributed by atoms with Crippen molar-refractivity contribution in [2.24, 2.45) is 0 Å². The molecule has 27 heavy (non-hydrogen) atoms. The molecule has 0 aliphatic heterocycles. The molecule has 5 nitrogen and oxygen atoms in total. The van der Waals surface area contributed by atoms with E-state index in [1.165, 1.54) is 12.1 Å². The van der Waals surface area contributed by atoms with Crippen molar-refractivity contribution < 1.29 is 17.6 Å². The molecule has 1 aromatic rings. The number of nitrogens with one attached hydrogen (secondary N) is 1. The Balaban J connectivity index is 1.97. The van der Waals surface area contributed by atoms with Crippen molar-refractivity contribution in [3.63, 3.8) is 0 Å². The van der Waals surface area contributed by atoms with Crippen LogP contribution in [-0.4, -0.2) is 49.4 Å². The van der Waals surface area contributed by atoms with Gasteiger partial charge in [-0.1, -0.05) is 12.1 Å². The molecule has 0 radical (unpaired) electrons. The van der Waals surface area contributed by atoms with Crippen molar-refractivity contribution in [2.75, 3.05) is 13.6 Å². The molecule has 0 heterocycles. The quantitative estimate of drug-likeness (QED) is 0.827. The number of hydrogen-bond donors (Lipinski definition) is 1. The molecule has 7 heteroatoms. The standard InChI is InChI=1S/C20H31FN2O3S/c1-15-7-6-8-17(13-15)27(25,26)20(21)11-9-16(10-12-20)22-14-18(24)23(5)19(2,3)4/h6-8,13,16,22H,9-12,14H2,1-5H3/t16-,20+. The Kier molecular flexibility index (Phi) is 6.37. The fraction of sp³-hybridized carbons (Fsp3) is 0.650. The zero-order valence-corrected chi connectivity index (χ0v) is 17.7. The number of nitrogens with zero attached hydrogens (tertiary/aromatic N) is 1. The highest BCUT2D eigenvalue weighted by Gasteiger charge is 2.47. The zero-order chi connectivity index (χ0) is 20.5. The number of benzene rings is 1. The molecular formula is C20H31FN2O3S. The average molecular weight is 399 g/mol. The number of alkyl halides is 1. The summed E-state index contributed by atoms with van der Waals surface area (Å²) in [5, 5.41) is 0.915. The summed E-state index contributed by atoms with van der Waals surface area (Å²) in [5.74, 6) is -0.0352. The Hall–Kier alpha value is -1.47. The van der Waals surface area contributed by atoms with E-state index in [0.29, 0.717) is 12.8 Å². The van der Waals surface area contributed by atoms with Crippen LogP contribution in [0.5, 0.6) is 0 Å². The van der Waals surface area contributed by atoms with E-state index in [9.17, 15) is 13.2 Å². The number of halogens is 1. The second-order valence-electron chi connectivity index (χ2n) is 8.48. The van der Waals surface area contributed by atoms with Gasteiger partial charge in [-0.25, -0.2) is 12.8 Å². The molecule has 0 bridgehead atoms. The molecule has 0 spiro atoms. The molecule has 1 aromatic carbocycles. The first-order chi connectivity index (χ1) is 12.4. The fourth-order valence-electron chi connectivity index (χ4n) is 3.24. The highest BCUT2D eigenvalue weighted by atomic mass is 32.2. The van der Waals surface area contributed by atoms with Crippen LogP contribution in [0.15, 0.2) is 29.2 Å². The summed E-state index contributed by atoms with van der Waals surface area (Å²) in [4.78, 5) is 13.9. The van der Waals surface area contributed by atoms with E-state index in [1.807, 2.05) is 20.8 Å². The van der Waals surface area contributed by atoms with Crippen molar-refractivity contribution in [3.8, 4) is 0 Å². The van der Waals surface area contributed by atoms with Crippen LogP contribution >= 0.6 is 0 Å². The predicted molar refractivity (Wildman–Crippen MR) is 105 cm³/mol. The van der Waals surface area contributed by atoms with Gasteiger partial charge in [0.1, 0.15) is 0 Å². The predicted octanol–water partition coefficient (Wildman–Crippen LogP) is 3.22. The highest BCUT2D eigenvalue weighted by molar-refractivity contribution is 7.92. The summed E-state index contributed by atoms with van der Waals surface area (Å²) in [6, 6.07) is 6.34. The molecule has 1 aliphatic rings. The summed E-state index contributed by atoms with van der Waals surface area (Å²) in [5.41, 5.74) is 0.526. The Morgan fingerprint density at radius 1 is 1.30 bits per heavy atom. The van der Waals surface area contributed by atoms with Crippen LogP contribution in [0, 0.1) is 6.92 Å². The van der Waals surface area contributed by atoms with Crippen molar-refractivity contribution in [2.45, 2.75) is 74.9 Å². The third-order valence-corrected chi connectivity index (χ3v) is 7.68. The summed E-state index contributed by atoms with van der Waals surface area (Å²) in [7, 11) is -2.29. The van der Waals surface area contributed by atoms with Crippen LogP contribution in [0.4, 0.5) is 4.39 Å². The highest BCUT2D eigenvalue weighted by Crippen LogP contribution is 2.40. The van der Waals surface area contributed by atoms with Crippen LogP contribution in [0.1, 0.15) is 52.0 Å². The fourth-order valence-corrected chi connectivity index (χ4v) is 5.03. The molecule has 0 atom stereocenters. The molecule has 2 rings (SSSR count). The van der Waals surface area contributed by atoms with Crippen LogP contribution in [0.25, 0.3) is 0 Å². The zero-order valence-electron chi connectivity index (χ0n) is 16.9. The van der Waals surface area contributed by atoms with Gasteiger partial charge >= 0.3 is 0 Å². The molecule has 1 aliphatic carbocycles. The Morgan fingerprint density at radius 2 is 1.89 bits per heavy atom. The lowest BCUT2D eigenvalue weighted by Gasteiger charge is -2.35. The van der Waals surface area contributed by atoms with Gasteiger partial charge in [-0.15, -0.1) is 0 Å². The number of carbonyl (C=O) groups excluding carboxylic acids is 1. The Labute approximate surface area is 162 Å². The maximum Gasteiger partial charge on any atom is 0.236 e. The van der Waals surface area contributed by atoms with E-state index >= 15 is 4.39 Å². The van der Waals surface area contributed by atoms with Crippen molar-refractivity contribution in [1.82, 2.24) is 10.2 Å². The average Bonchev–Trinajstić information content (AvgIpc) is 2.59. The third kappa shape index (κ3) is 4.88. The first-order valence-electron chi connectivity index (χ1n) is 9.37. The summed E-state index contributed by atoms with van der Waals surface area (Å²) >= 11 is 0. The molecule has 152 valence electrons. The molecule has 1 N–H and O–H groups in total. The lowest BCUT2D eigenvalue weighted by molar-refractivity contribution is -0.133. The van der Waals surface area contributed by atoms with E-state index in [4.69, 9.17) is 0 Å². The topological polar surface area (TPSA) is 66.5 Å². The summed E-state index contributed by atoms with van der Waals surface area (Å²) in [6.07, 6.45) is 0.636. The van der Waals surface area contributed by atoms with E-state index < -0.39 is 14.8 Å². The van der Waals surface area contributed by atoms with Gasteiger partial charge in [-0.05, 0) is 71.1 Å². The molecule has 1 fully saturated rings. The van der Waals surface area contributed by atoms with Crippen molar-refractivity contribution in [3.05, 3.63) is 29.8 Å². The Bertz CT molecular complexity index is 779. The lowest BCUT2D eigenvalue weighted by Crippen LogP contribution is -2.49. The van der Waals surface area contributed by atoms with Gasteiger partial charge in [0.2, 0.25) is 20.7 Å². The van der Waals surface area contributed by atoms with E-state index in [-0.39, 0.29) is 41.8 Å². The number of hydrogen-bond acceptors (Lipinski definition) is 4. The van der Waals surface area contributed by atoms with Crippen LogP contribution in [0.3, 0.4) is 0 Å². The molecule has 0 saturated heterocycles. The molecular weight excluding hydrogens is 367 g/mol. The number of rotatable bonds is 5.